The number of nitrogens with zero attached hydrogens (tertiary/aromatic N) is 1. The summed E-state index contributed by atoms with van der Waals surface area (Å²) in [5, 5.41) is 13.8. The molecule has 0 unspecified atom stereocenters. The van der Waals surface area contributed by atoms with Crippen LogP contribution in [0, 0.1) is 13.7 Å². The van der Waals surface area contributed by atoms with Gasteiger partial charge in [-0.1, -0.05) is 0 Å². The molecule has 1 rings (SSSR count). The third-order valence-electron chi connectivity index (χ3n) is 2.32. The molecule has 0 spiro atoms. The summed E-state index contributed by atoms with van der Waals surface area (Å²) in [6.45, 7) is 0.709. The van der Waals surface area contributed by atoms with Crippen LogP contribution < -0.4 is 11.1 Å². The number of halogens is 1. The topological polar surface area (TPSA) is 98.3 Å². The molecule has 0 bridgehead atoms. The number of primary amides is 1. The second kappa shape index (κ2) is 7.14. The van der Waals surface area contributed by atoms with E-state index in [1.807, 2.05) is 22.6 Å². The lowest BCUT2D eigenvalue weighted by molar-refractivity contribution is -0.385. The van der Waals surface area contributed by atoms with Crippen LogP contribution >= 0.6 is 22.6 Å². The molecule has 0 saturated carbocycles. The van der Waals surface area contributed by atoms with Gasteiger partial charge in [0, 0.05) is 24.7 Å². The van der Waals surface area contributed by atoms with Gasteiger partial charge in [-0.15, -0.1) is 0 Å². The number of nitrogens with one attached hydrogen (secondary N) is 1. The number of nitro benzene ring substituents is 1. The highest BCUT2D eigenvalue weighted by molar-refractivity contribution is 14.1. The first-order chi connectivity index (χ1) is 8.50. The highest BCUT2D eigenvalue weighted by Crippen LogP contribution is 2.24. The van der Waals surface area contributed by atoms with E-state index in [1.54, 1.807) is 12.1 Å². The van der Waals surface area contributed by atoms with Gasteiger partial charge in [-0.05, 0) is 47.6 Å². The van der Waals surface area contributed by atoms with Crippen LogP contribution in [0.4, 0.5) is 11.4 Å². The second-order valence-corrected chi connectivity index (χ2v) is 4.94. The van der Waals surface area contributed by atoms with Crippen molar-refractivity contribution < 1.29 is 9.72 Å². The first-order valence-electron chi connectivity index (χ1n) is 5.47. The minimum atomic E-state index is -0.404. The van der Waals surface area contributed by atoms with Gasteiger partial charge in [0.05, 0.1) is 8.49 Å². The van der Waals surface area contributed by atoms with Gasteiger partial charge in [-0.3, -0.25) is 14.9 Å². The quantitative estimate of drug-likeness (QED) is 0.336. The van der Waals surface area contributed by atoms with E-state index in [2.05, 4.69) is 5.32 Å². The molecule has 0 aliphatic rings. The molecule has 0 aromatic heterocycles. The zero-order valence-corrected chi connectivity index (χ0v) is 11.8. The Hall–Kier alpha value is -1.38. The summed E-state index contributed by atoms with van der Waals surface area (Å²) in [7, 11) is 0. The van der Waals surface area contributed by atoms with Gasteiger partial charge in [-0.2, -0.15) is 0 Å². The van der Waals surface area contributed by atoms with Crippen molar-refractivity contribution in [2.45, 2.75) is 19.3 Å². The van der Waals surface area contributed by atoms with Gasteiger partial charge in [0.2, 0.25) is 5.91 Å². The van der Waals surface area contributed by atoms with E-state index in [0.29, 0.717) is 16.5 Å². The average molecular weight is 363 g/mol. The van der Waals surface area contributed by atoms with Gasteiger partial charge in [0.25, 0.3) is 5.69 Å². The highest BCUT2D eigenvalue weighted by Gasteiger charge is 2.11. The molecule has 18 heavy (non-hydrogen) atoms. The van der Waals surface area contributed by atoms with E-state index < -0.39 is 4.92 Å². The Balaban J connectivity index is 2.42. The van der Waals surface area contributed by atoms with Crippen molar-refractivity contribution >= 4 is 39.9 Å². The molecule has 0 aliphatic heterocycles. The lowest BCUT2D eigenvalue weighted by atomic mass is 10.2. The Morgan fingerprint density at radius 3 is 2.72 bits per heavy atom. The third kappa shape index (κ3) is 4.86. The maximum Gasteiger partial charge on any atom is 0.282 e. The molecule has 3 N–H and O–H groups in total. The fourth-order valence-electron chi connectivity index (χ4n) is 1.42. The van der Waals surface area contributed by atoms with Gasteiger partial charge in [0.1, 0.15) is 0 Å². The summed E-state index contributed by atoms with van der Waals surface area (Å²) in [4.78, 5) is 20.7. The van der Waals surface area contributed by atoms with Crippen molar-refractivity contribution in [1.82, 2.24) is 0 Å². The minimum Gasteiger partial charge on any atom is -0.385 e. The van der Waals surface area contributed by atoms with Crippen molar-refractivity contribution in [3.8, 4) is 0 Å². The predicted octanol–water partition coefficient (Wildman–Crippen LogP) is 2.27. The number of nitro groups is 1. The van der Waals surface area contributed by atoms with Crippen molar-refractivity contribution in [2.24, 2.45) is 5.73 Å². The van der Waals surface area contributed by atoms with Crippen molar-refractivity contribution in [1.29, 1.82) is 0 Å². The maximum absolute atomic E-state index is 10.6. The van der Waals surface area contributed by atoms with Gasteiger partial charge in [0.15, 0.2) is 0 Å². The number of anilines is 1. The molecule has 7 heteroatoms. The largest absolute Gasteiger partial charge is 0.385 e. The SMILES string of the molecule is NC(=O)CCCCNc1ccc([N+](=O)[O-])c(I)c1. The summed E-state index contributed by atoms with van der Waals surface area (Å²) in [6, 6.07) is 4.88. The number of nitrogens with two attached hydrogens (primary N) is 1. The molecule has 0 heterocycles. The Morgan fingerprint density at radius 1 is 1.44 bits per heavy atom. The Morgan fingerprint density at radius 2 is 2.17 bits per heavy atom. The van der Waals surface area contributed by atoms with E-state index >= 15 is 0 Å². The molecule has 0 radical (unpaired) electrons. The summed E-state index contributed by atoms with van der Waals surface area (Å²) < 4.78 is 0.597. The molecular weight excluding hydrogens is 349 g/mol. The summed E-state index contributed by atoms with van der Waals surface area (Å²) >= 11 is 1.94. The highest BCUT2D eigenvalue weighted by atomic mass is 127. The van der Waals surface area contributed by atoms with Gasteiger partial charge < -0.3 is 11.1 Å². The zero-order chi connectivity index (χ0) is 13.5. The molecular formula is C11H14IN3O3. The minimum absolute atomic E-state index is 0.106. The van der Waals surface area contributed by atoms with E-state index in [4.69, 9.17) is 5.73 Å². The number of rotatable bonds is 7. The van der Waals surface area contributed by atoms with Crippen molar-refractivity contribution in [3.05, 3.63) is 31.9 Å². The van der Waals surface area contributed by atoms with E-state index in [-0.39, 0.29) is 11.6 Å². The number of hydrogen-bond donors (Lipinski definition) is 2. The maximum atomic E-state index is 10.6. The van der Waals surface area contributed by atoms with Crippen LogP contribution in [-0.2, 0) is 4.79 Å². The van der Waals surface area contributed by atoms with E-state index in [9.17, 15) is 14.9 Å². The van der Waals surface area contributed by atoms with E-state index in [0.717, 1.165) is 18.5 Å². The van der Waals surface area contributed by atoms with Crippen molar-refractivity contribution in [3.63, 3.8) is 0 Å². The van der Waals surface area contributed by atoms with E-state index in [1.165, 1.54) is 6.07 Å². The fraction of sp³-hybridized carbons (Fsp3) is 0.364. The molecule has 1 amide bonds. The summed E-state index contributed by atoms with van der Waals surface area (Å²) in [5.41, 5.74) is 5.97. The molecule has 98 valence electrons. The predicted molar refractivity (Wildman–Crippen MR) is 77.3 cm³/mol. The number of hydrogen-bond acceptors (Lipinski definition) is 4. The average Bonchev–Trinajstić information content (AvgIpc) is 2.27. The van der Waals surface area contributed by atoms with Crippen LogP contribution in [-0.4, -0.2) is 17.4 Å². The standard InChI is InChI=1S/C11H14IN3O3/c12-9-7-8(4-5-10(9)15(17)18)14-6-2-1-3-11(13)16/h4-5,7,14H,1-3,6H2,(H2,13,16). The molecule has 0 fully saturated rings. The zero-order valence-electron chi connectivity index (χ0n) is 9.69. The number of benzene rings is 1. The third-order valence-corrected chi connectivity index (χ3v) is 3.19. The molecule has 6 nitrogen and oxygen atoms in total. The van der Waals surface area contributed by atoms with Gasteiger partial charge >= 0.3 is 0 Å². The van der Waals surface area contributed by atoms with Gasteiger partial charge in [-0.25, -0.2) is 0 Å². The molecule has 1 aromatic carbocycles. The van der Waals surface area contributed by atoms with Crippen LogP contribution in [0.1, 0.15) is 19.3 Å². The molecule has 0 saturated heterocycles. The smallest absolute Gasteiger partial charge is 0.282 e. The Labute approximate surface area is 118 Å². The first kappa shape index (κ1) is 14.7. The summed E-state index contributed by atoms with van der Waals surface area (Å²) in [5.74, 6) is -0.292. The molecule has 1 aromatic rings. The molecule has 0 aliphatic carbocycles. The fourth-order valence-corrected chi connectivity index (χ4v) is 2.13. The Kier molecular flexibility index (Phi) is 5.83. The second-order valence-electron chi connectivity index (χ2n) is 3.77. The number of unbranched alkanes of at least 4 members (excludes halogenated alkanes) is 1. The number of carbonyl (C=O) groups is 1. The van der Waals surface area contributed by atoms with Crippen LogP contribution in [0.3, 0.4) is 0 Å². The normalized spacial score (nSPS) is 10.1. The lowest BCUT2D eigenvalue weighted by Gasteiger charge is -2.06. The van der Waals surface area contributed by atoms with Crippen molar-refractivity contribution in [2.75, 3.05) is 11.9 Å². The number of carbonyl (C=O) groups excluding carboxylic acids is 1. The van der Waals surface area contributed by atoms with Crippen LogP contribution in [0.2, 0.25) is 0 Å². The summed E-state index contributed by atoms with van der Waals surface area (Å²) in [6.07, 6.45) is 1.96. The monoisotopic (exact) mass is 363 g/mol. The first-order valence-corrected chi connectivity index (χ1v) is 6.54. The Bertz CT molecular complexity index is 451. The lowest BCUT2D eigenvalue weighted by Crippen LogP contribution is -2.11. The van der Waals surface area contributed by atoms with Crippen LogP contribution in [0.5, 0.6) is 0 Å². The molecule has 0 atom stereocenters. The van der Waals surface area contributed by atoms with Crippen LogP contribution in [0.25, 0.3) is 0 Å². The van der Waals surface area contributed by atoms with Crippen LogP contribution in [0.15, 0.2) is 18.2 Å². The number of amides is 1.